The topological polar surface area (TPSA) is 55.6 Å². The number of nitrogens with two attached hydrogens (primary N) is 1. The maximum Gasteiger partial charge on any atom is 0.251 e. The first kappa shape index (κ1) is 16.4. The van der Waals surface area contributed by atoms with Crippen molar-refractivity contribution in [3.05, 3.63) is 0 Å². The van der Waals surface area contributed by atoms with Crippen molar-refractivity contribution in [2.24, 2.45) is 11.7 Å². The maximum absolute atomic E-state index is 12.7. The third kappa shape index (κ3) is 4.46. The van der Waals surface area contributed by atoms with Crippen LogP contribution in [-0.2, 0) is 9.53 Å². The van der Waals surface area contributed by atoms with E-state index >= 15 is 0 Å². The van der Waals surface area contributed by atoms with Gasteiger partial charge in [0.05, 0.1) is 6.10 Å². The van der Waals surface area contributed by atoms with Gasteiger partial charge in [0, 0.05) is 19.1 Å². The number of carbonyl (C=O) groups excluding carboxylic acids is 1. The molecule has 0 spiro atoms. The van der Waals surface area contributed by atoms with Gasteiger partial charge in [0.15, 0.2) is 0 Å². The van der Waals surface area contributed by atoms with Crippen LogP contribution in [0.15, 0.2) is 0 Å². The molecule has 1 fully saturated rings. The second-order valence-electron chi connectivity index (χ2n) is 5.91. The average Bonchev–Trinajstić information content (AvgIpc) is 2.86. The zero-order valence-electron chi connectivity index (χ0n) is 12.9. The molecule has 1 amide bonds. The molecule has 0 aromatic carbocycles. The van der Waals surface area contributed by atoms with E-state index in [1.165, 1.54) is 0 Å². The van der Waals surface area contributed by atoms with Crippen LogP contribution in [0.1, 0.15) is 53.4 Å². The number of rotatable bonds is 7. The molecule has 0 bridgehead atoms. The monoisotopic (exact) mass is 270 g/mol. The second kappa shape index (κ2) is 7.85. The fourth-order valence-electron chi connectivity index (χ4n) is 2.79. The van der Waals surface area contributed by atoms with Gasteiger partial charge in [-0.15, -0.1) is 0 Å². The van der Waals surface area contributed by atoms with Crippen LogP contribution in [0, 0.1) is 5.92 Å². The van der Waals surface area contributed by atoms with E-state index in [-0.39, 0.29) is 18.1 Å². The molecule has 1 aliphatic heterocycles. The van der Waals surface area contributed by atoms with E-state index in [9.17, 15) is 4.79 Å². The van der Waals surface area contributed by atoms with E-state index in [0.717, 1.165) is 32.2 Å². The lowest BCUT2D eigenvalue weighted by atomic mass is 10.1. The number of hydrogen-bond donors (Lipinski definition) is 1. The van der Waals surface area contributed by atoms with Gasteiger partial charge in [-0.25, -0.2) is 0 Å². The van der Waals surface area contributed by atoms with Gasteiger partial charge in [-0.1, -0.05) is 27.7 Å². The first-order valence-electron chi connectivity index (χ1n) is 7.69. The minimum atomic E-state index is -0.270. The van der Waals surface area contributed by atoms with Crippen molar-refractivity contribution in [3.63, 3.8) is 0 Å². The van der Waals surface area contributed by atoms with Crippen LogP contribution >= 0.6 is 0 Å². The lowest BCUT2D eigenvalue weighted by molar-refractivity contribution is -0.146. The van der Waals surface area contributed by atoms with Crippen molar-refractivity contribution in [2.45, 2.75) is 71.6 Å². The molecular weight excluding hydrogens is 240 g/mol. The minimum absolute atomic E-state index is 0.0663. The smallest absolute Gasteiger partial charge is 0.251 e. The minimum Gasteiger partial charge on any atom is -0.364 e. The standard InChI is InChI=1S/C15H30N2O2/c1-5-12(6-2)17(10-11(3)4)15(18)14-8-7-13(9-16)19-14/h11-14H,5-10,16H2,1-4H3/t13-,14+/m1/s1. The Kier molecular flexibility index (Phi) is 6.80. The van der Waals surface area contributed by atoms with E-state index < -0.39 is 0 Å². The summed E-state index contributed by atoms with van der Waals surface area (Å²) in [5, 5.41) is 0. The van der Waals surface area contributed by atoms with Gasteiger partial charge in [-0.05, 0) is 31.6 Å². The van der Waals surface area contributed by atoms with Crippen molar-refractivity contribution in [3.8, 4) is 0 Å². The Hall–Kier alpha value is -0.610. The van der Waals surface area contributed by atoms with Crippen LogP contribution in [0.2, 0.25) is 0 Å². The van der Waals surface area contributed by atoms with Crippen molar-refractivity contribution in [1.29, 1.82) is 0 Å². The molecule has 1 heterocycles. The van der Waals surface area contributed by atoms with Gasteiger partial charge in [-0.3, -0.25) is 4.79 Å². The van der Waals surface area contributed by atoms with Gasteiger partial charge in [0.1, 0.15) is 6.10 Å². The number of amides is 1. The predicted octanol–water partition coefficient (Wildman–Crippen LogP) is 2.17. The van der Waals surface area contributed by atoms with E-state index in [4.69, 9.17) is 10.5 Å². The SMILES string of the molecule is CCC(CC)N(CC(C)C)C(=O)[C@@H]1CC[C@H](CN)O1. The normalized spacial score (nSPS) is 23.3. The van der Waals surface area contributed by atoms with E-state index in [1.54, 1.807) is 0 Å². The Labute approximate surface area is 117 Å². The third-order valence-corrected chi connectivity index (χ3v) is 3.87. The summed E-state index contributed by atoms with van der Waals surface area (Å²) in [6, 6.07) is 0.329. The highest BCUT2D eigenvalue weighted by molar-refractivity contribution is 5.81. The second-order valence-corrected chi connectivity index (χ2v) is 5.91. The van der Waals surface area contributed by atoms with Gasteiger partial charge in [0.25, 0.3) is 5.91 Å². The van der Waals surface area contributed by atoms with Crippen molar-refractivity contribution in [1.82, 2.24) is 4.90 Å². The van der Waals surface area contributed by atoms with Gasteiger partial charge in [0.2, 0.25) is 0 Å². The zero-order valence-corrected chi connectivity index (χ0v) is 12.9. The lowest BCUT2D eigenvalue weighted by Crippen LogP contribution is -2.47. The van der Waals surface area contributed by atoms with Gasteiger partial charge in [-0.2, -0.15) is 0 Å². The van der Waals surface area contributed by atoms with Crippen LogP contribution in [0.3, 0.4) is 0 Å². The Bertz CT molecular complexity index is 277. The first-order valence-corrected chi connectivity index (χ1v) is 7.69. The van der Waals surface area contributed by atoms with Crippen molar-refractivity contribution >= 4 is 5.91 Å². The summed E-state index contributed by atoms with van der Waals surface area (Å²) in [6.45, 7) is 9.93. The molecule has 112 valence electrons. The van der Waals surface area contributed by atoms with E-state index in [1.807, 2.05) is 4.90 Å². The maximum atomic E-state index is 12.7. The van der Waals surface area contributed by atoms with Crippen molar-refractivity contribution < 1.29 is 9.53 Å². The Balaban J connectivity index is 2.71. The molecule has 1 saturated heterocycles. The van der Waals surface area contributed by atoms with Crippen LogP contribution in [-0.4, -0.2) is 42.1 Å². The fraction of sp³-hybridized carbons (Fsp3) is 0.933. The molecule has 0 aliphatic carbocycles. The third-order valence-electron chi connectivity index (χ3n) is 3.87. The molecule has 0 aromatic rings. The van der Waals surface area contributed by atoms with E-state index in [0.29, 0.717) is 18.5 Å². The van der Waals surface area contributed by atoms with E-state index in [2.05, 4.69) is 27.7 Å². The van der Waals surface area contributed by atoms with Gasteiger partial charge >= 0.3 is 0 Å². The van der Waals surface area contributed by atoms with Crippen LogP contribution in [0.5, 0.6) is 0 Å². The van der Waals surface area contributed by atoms with Crippen LogP contribution in [0.25, 0.3) is 0 Å². The highest BCUT2D eigenvalue weighted by atomic mass is 16.5. The number of hydrogen-bond acceptors (Lipinski definition) is 3. The Morgan fingerprint density at radius 3 is 2.37 bits per heavy atom. The summed E-state index contributed by atoms with van der Waals surface area (Å²) >= 11 is 0. The molecule has 0 saturated carbocycles. The number of ether oxygens (including phenoxy) is 1. The molecule has 1 aliphatic rings. The molecule has 0 unspecified atom stereocenters. The summed E-state index contributed by atoms with van der Waals surface area (Å²) in [5.41, 5.74) is 5.62. The van der Waals surface area contributed by atoms with Crippen LogP contribution < -0.4 is 5.73 Å². The molecule has 4 heteroatoms. The zero-order chi connectivity index (χ0) is 14.4. The molecule has 1 rings (SSSR count). The summed E-state index contributed by atoms with van der Waals surface area (Å²) in [6.07, 6.45) is 3.52. The molecule has 0 radical (unpaired) electrons. The predicted molar refractivity (Wildman–Crippen MR) is 77.9 cm³/mol. The molecule has 19 heavy (non-hydrogen) atoms. The molecular formula is C15H30N2O2. The Morgan fingerprint density at radius 2 is 1.95 bits per heavy atom. The summed E-state index contributed by atoms with van der Waals surface area (Å²) in [4.78, 5) is 14.7. The lowest BCUT2D eigenvalue weighted by Gasteiger charge is -2.34. The summed E-state index contributed by atoms with van der Waals surface area (Å²) in [7, 11) is 0. The largest absolute Gasteiger partial charge is 0.364 e. The Morgan fingerprint density at radius 1 is 1.32 bits per heavy atom. The summed E-state index contributed by atoms with van der Waals surface area (Å²) in [5.74, 6) is 0.648. The molecule has 2 N–H and O–H groups in total. The quantitative estimate of drug-likeness (QED) is 0.771. The highest BCUT2D eigenvalue weighted by Gasteiger charge is 2.34. The molecule has 4 nitrogen and oxygen atoms in total. The summed E-state index contributed by atoms with van der Waals surface area (Å²) < 4.78 is 5.76. The average molecular weight is 270 g/mol. The molecule has 0 aromatic heterocycles. The highest BCUT2D eigenvalue weighted by Crippen LogP contribution is 2.23. The molecule has 2 atom stereocenters. The van der Waals surface area contributed by atoms with Crippen molar-refractivity contribution in [2.75, 3.05) is 13.1 Å². The van der Waals surface area contributed by atoms with Gasteiger partial charge < -0.3 is 15.4 Å². The van der Waals surface area contributed by atoms with Crippen LogP contribution in [0.4, 0.5) is 0 Å². The fourth-order valence-corrected chi connectivity index (χ4v) is 2.79. The number of nitrogens with zero attached hydrogens (tertiary/aromatic N) is 1. The first-order chi connectivity index (χ1) is 9.03. The number of carbonyl (C=O) groups is 1.